The molecule has 0 fully saturated rings. The van der Waals surface area contributed by atoms with Gasteiger partial charge in [0, 0.05) is 31.0 Å². The predicted octanol–water partition coefficient (Wildman–Crippen LogP) is 2.64. The summed E-state index contributed by atoms with van der Waals surface area (Å²) in [4.78, 5) is 0. The summed E-state index contributed by atoms with van der Waals surface area (Å²) in [5, 5.41) is 7.99. The number of hydrogen-bond acceptors (Lipinski definition) is 3. The molecule has 1 unspecified atom stereocenters. The van der Waals surface area contributed by atoms with Gasteiger partial charge in [-0.15, -0.1) is 0 Å². The molecule has 1 aromatic rings. The minimum atomic E-state index is 0.550. The Labute approximate surface area is 116 Å². The van der Waals surface area contributed by atoms with Gasteiger partial charge in [0.2, 0.25) is 0 Å². The number of aryl methyl sites for hydroxylation is 2. The van der Waals surface area contributed by atoms with Gasteiger partial charge in [-0.3, -0.25) is 4.68 Å². The molecule has 0 aliphatic heterocycles. The smallest absolute Gasteiger partial charge is 0.0596 e. The zero-order chi connectivity index (χ0) is 13.5. The van der Waals surface area contributed by atoms with E-state index in [1.807, 2.05) is 23.5 Å². The van der Waals surface area contributed by atoms with Crippen LogP contribution in [-0.4, -0.2) is 33.9 Å². The molecule has 0 aromatic carbocycles. The maximum atomic E-state index is 4.41. The Hall–Kier alpha value is -0.480. The van der Waals surface area contributed by atoms with Crippen molar-refractivity contribution in [2.45, 2.75) is 40.2 Å². The molecule has 0 saturated heterocycles. The number of nitrogens with zero attached hydrogens (tertiary/aromatic N) is 2. The summed E-state index contributed by atoms with van der Waals surface area (Å²) >= 11 is 2.05. The molecule has 0 saturated carbocycles. The highest BCUT2D eigenvalue weighted by Gasteiger charge is 2.12. The van der Waals surface area contributed by atoms with E-state index >= 15 is 0 Å². The number of nitrogens with one attached hydrogen (secondary N) is 1. The van der Waals surface area contributed by atoms with E-state index in [-0.39, 0.29) is 0 Å². The molecule has 3 nitrogen and oxygen atoms in total. The largest absolute Gasteiger partial charge is 0.313 e. The van der Waals surface area contributed by atoms with E-state index in [1.54, 1.807) is 0 Å². The van der Waals surface area contributed by atoms with Crippen molar-refractivity contribution in [3.05, 3.63) is 17.5 Å². The molecule has 0 aliphatic rings. The van der Waals surface area contributed by atoms with E-state index in [4.69, 9.17) is 0 Å². The summed E-state index contributed by atoms with van der Waals surface area (Å²) in [7, 11) is 2.03. The number of hydrogen-bond donors (Lipinski definition) is 1. The molecule has 1 aromatic heterocycles. The third-order valence-electron chi connectivity index (χ3n) is 2.82. The highest BCUT2D eigenvalue weighted by Crippen LogP contribution is 2.12. The van der Waals surface area contributed by atoms with Crippen molar-refractivity contribution in [3.8, 4) is 0 Å². The summed E-state index contributed by atoms with van der Waals surface area (Å²) < 4.78 is 2.01. The molecule has 0 aliphatic carbocycles. The summed E-state index contributed by atoms with van der Waals surface area (Å²) in [6.45, 7) is 9.82. The molecular weight excluding hydrogens is 242 g/mol. The van der Waals surface area contributed by atoms with Gasteiger partial charge in [0.25, 0.3) is 0 Å². The summed E-state index contributed by atoms with van der Waals surface area (Å²) in [5.41, 5.74) is 2.43. The van der Waals surface area contributed by atoms with Gasteiger partial charge in [0.05, 0.1) is 5.69 Å². The average molecular weight is 269 g/mol. The molecule has 0 spiro atoms. The lowest BCUT2D eigenvalue weighted by atomic mass is 10.1. The SMILES string of the molecule is CCNC(CSCC(C)C)Cc1cc(C)nn1C. The zero-order valence-electron chi connectivity index (χ0n) is 12.4. The molecule has 1 rings (SSSR count). The molecule has 18 heavy (non-hydrogen) atoms. The Balaban J connectivity index is 2.49. The minimum Gasteiger partial charge on any atom is -0.313 e. The average Bonchev–Trinajstić information content (AvgIpc) is 2.57. The van der Waals surface area contributed by atoms with Gasteiger partial charge in [0.1, 0.15) is 0 Å². The fourth-order valence-corrected chi connectivity index (χ4v) is 3.16. The van der Waals surface area contributed by atoms with Crippen LogP contribution in [0.2, 0.25) is 0 Å². The van der Waals surface area contributed by atoms with Gasteiger partial charge in [-0.25, -0.2) is 0 Å². The molecule has 1 N–H and O–H groups in total. The molecule has 104 valence electrons. The lowest BCUT2D eigenvalue weighted by Crippen LogP contribution is -2.34. The second-order valence-electron chi connectivity index (χ2n) is 5.29. The third kappa shape index (κ3) is 5.44. The van der Waals surface area contributed by atoms with E-state index in [0.717, 1.165) is 24.6 Å². The van der Waals surface area contributed by atoms with Crippen LogP contribution in [0.4, 0.5) is 0 Å². The number of likely N-dealkylation sites (N-methyl/N-ethyl adjacent to an activating group) is 1. The molecule has 0 radical (unpaired) electrons. The van der Waals surface area contributed by atoms with Crippen LogP contribution in [0.25, 0.3) is 0 Å². The first-order valence-electron chi connectivity index (χ1n) is 6.83. The predicted molar refractivity (Wildman–Crippen MR) is 81.3 cm³/mol. The van der Waals surface area contributed by atoms with Gasteiger partial charge in [-0.1, -0.05) is 20.8 Å². The van der Waals surface area contributed by atoms with Crippen molar-refractivity contribution < 1.29 is 0 Å². The van der Waals surface area contributed by atoms with Gasteiger partial charge in [-0.2, -0.15) is 16.9 Å². The minimum absolute atomic E-state index is 0.550. The van der Waals surface area contributed by atoms with Crippen LogP contribution in [0.15, 0.2) is 6.07 Å². The fraction of sp³-hybridized carbons (Fsp3) is 0.786. The Morgan fingerprint density at radius 3 is 2.61 bits per heavy atom. The Bertz CT molecular complexity index is 347. The Kier molecular flexibility index (Phi) is 6.79. The van der Waals surface area contributed by atoms with Gasteiger partial charge >= 0.3 is 0 Å². The normalized spacial score (nSPS) is 13.2. The van der Waals surface area contributed by atoms with Crippen molar-refractivity contribution in [1.29, 1.82) is 0 Å². The van der Waals surface area contributed by atoms with Gasteiger partial charge < -0.3 is 5.32 Å². The molecule has 0 amide bonds. The van der Waals surface area contributed by atoms with Gasteiger partial charge in [-0.05, 0) is 31.2 Å². The Morgan fingerprint density at radius 2 is 2.11 bits per heavy atom. The summed E-state index contributed by atoms with van der Waals surface area (Å²) in [6.07, 6.45) is 1.07. The van der Waals surface area contributed by atoms with Crippen LogP contribution < -0.4 is 5.32 Å². The van der Waals surface area contributed by atoms with E-state index in [9.17, 15) is 0 Å². The van der Waals surface area contributed by atoms with Crippen molar-refractivity contribution in [3.63, 3.8) is 0 Å². The quantitative estimate of drug-likeness (QED) is 0.787. The van der Waals surface area contributed by atoms with E-state index in [1.165, 1.54) is 17.2 Å². The summed E-state index contributed by atoms with van der Waals surface area (Å²) in [6, 6.07) is 2.74. The lowest BCUT2D eigenvalue weighted by molar-refractivity contribution is 0.548. The number of thioether (sulfide) groups is 1. The highest BCUT2D eigenvalue weighted by atomic mass is 32.2. The van der Waals surface area contributed by atoms with E-state index in [2.05, 4.69) is 44.2 Å². The van der Waals surface area contributed by atoms with Crippen LogP contribution in [0.1, 0.15) is 32.2 Å². The van der Waals surface area contributed by atoms with Crippen molar-refractivity contribution in [2.24, 2.45) is 13.0 Å². The highest BCUT2D eigenvalue weighted by molar-refractivity contribution is 7.99. The lowest BCUT2D eigenvalue weighted by Gasteiger charge is -2.18. The molecular formula is C14H27N3S. The first-order chi connectivity index (χ1) is 8.52. The molecule has 1 heterocycles. The second kappa shape index (κ2) is 7.85. The number of rotatable bonds is 8. The second-order valence-corrected chi connectivity index (χ2v) is 6.37. The Morgan fingerprint density at radius 1 is 1.39 bits per heavy atom. The van der Waals surface area contributed by atoms with E-state index in [0.29, 0.717) is 6.04 Å². The number of aromatic nitrogens is 2. The van der Waals surface area contributed by atoms with E-state index < -0.39 is 0 Å². The van der Waals surface area contributed by atoms with Gasteiger partial charge in [0.15, 0.2) is 0 Å². The standard InChI is InChI=1S/C14H27N3S/c1-6-15-13(10-18-9-11(2)3)8-14-7-12(4)16-17(14)5/h7,11,13,15H,6,8-10H2,1-5H3. The van der Waals surface area contributed by atoms with Crippen molar-refractivity contribution in [1.82, 2.24) is 15.1 Å². The van der Waals surface area contributed by atoms with Crippen molar-refractivity contribution >= 4 is 11.8 Å². The molecule has 0 bridgehead atoms. The zero-order valence-corrected chi connectivity index (χ0v) is 13.2. The third-order valence-corrected chi connectivity index (χ3v) is 4.36. The first-order valence-corrected chi connectivity index (χ1v) is 7.99. The maximum Gasteiger partial charge on any atom is 0.0596 e. The fourth-order valence-electron chi connectivity index (χ4n) is 2.03. The first kappa shape index (κ1) is 15.6. The molecule has 1 atom stereocenters. The van der Waals surface area contributed by atoms with Crippen LogP contribution in [0.5, 0.6) is 0 Å². The molecule has 4 heteroatoms. The topological polar surface area (TPSA) is 29.9 Å². The monoisotopic (exact) mass is 269 g/mol. The van der Waals surface area contributed by atoms with Crippen LogP contribution in [0, 0.1) is 12.8 Å². The summed E-state index contributed by atoms with van der Waals surface area (Å²) in [5.74, 6) is 3.19. The van der Waals surface area contributed by atoms with Crippen molar-refractivity contribution in [2.75, 3.05) is 18.1 Å². The maximum absolute atomic E-state index is 4.41. The van der Waals surface area contributed by atoms with Crippen LogP contribution >= 0.6 is 11.8 Å². The van der Waals surface area contributed by atoms with Crippen LogP contribution in [0.3, 0.4) is 0 Å². The van der Waals surface area contributed by atoms with Crippen LogP contribution in [-0.2, 0) is 13.5 Å².